The lowest BCUT2D eigenvalue weighted by Crippen LogP contribution is -2.37. The number of carbonyl (C=O) groups excluding carboxylic acids is 1. The van der Waals surface area contributed by atoms with Crippen LogP contribution in [0.5, 0.6) is 0 Å². The van der Waals surface area contributed by atoms with Crippen molar-refractivity contribution in [3.8, 4) is 0 Å². The third kappa shape index (κ3) is 3.35. The molecule has 2 heterocycles. The third-order valence-electron chi connectivity index (χ3n) is 2.94. The van der Waals surface area contributed by atoms with Crippen LogP contribution < -0.4 is 11.1 Å². The number of sulfonamides is 1. The van der Waals surface area contributed by atoms with Gasteiger partial charge in [-0.1, -0.05) is 0 Å². The second kappa shape index (κ2) is 6.61. The number of rotatable bonds is 5. The van der Waals surface area contributed by atoms with Crippen LogP contribution in [0.4, 0.5) is 0 Å². The van der Waals surface area contributed by atoms with E-state index in [9.17, 15) is 13.2 Å². The number of nitrogens with two attached hydrogens (primary N) is 1. The normalized spacial score (nSPS) is 17.1. The van der Waals surface area contributed by atoms with Crippen LogP contribution in [0.3, 0.4) is 0 Å². The lowest BCUT2D eigenvalue weighted by atomic mass is 10.4. The predicted octanol–water partition coefficient (Wildman–Crippen LogP) is -0.559. The fraction of sp³-hybridized carbons (Fsp3) is 0.545. The Labute approximate surface area is 122 Å². The molecule has 20 heavy (non-hydrogen) atoms. The smallest absolute Gasteiger partial charge is 0.267 e. The standard InChI is InChI=1S/C11H18N4O3S2/c12-1-2-13-11(16)10-7-9(8-14-10)20(17,18)15-3-5-19-6-4-15/h7-8,14H,1-6,12H2,(H,13,16). The Balaban J connectivity index is 2.13. The van der Waals surface area contributed by atoms with Crippen LogP contribution in [0, 0.1) is 0 Å². The fourth-order valence-corrected chi connectivity index (χ4v) is 4.44. The van der Waals surface area contributed by atoms with Crippen molar-refractivity contribution < 1.29 is 13.2 Å². The van der Waals surface area contributed by atoms with E-state index in [1.165, 1.54) is 16.6 Å². The zero-order chi connectivity index (χ0) is 14.6. The molecule has 4 N–H and O–H groups in total. The van der Waals surface area contributed by atoms with Crippen LogP contribution in [0.1, 0.15) is 10.5 Å². The molecule has 9 heteroatoms. The van der Waals surface area contributed by atoms with Crippen molar-refractivity contribution in [1.29, 1.82) is 0 Å². The highest BCUT2D eigenvalue weighted by Gasteiger charge is 2.27. The van der Waals surface area contributed by atoms with E-state index < -0.39 is 10.0 Å². The molecule has 7 nitrogen and oxygen atoms in total. The van der Waals surface area contributed by atoms with Gasteiger partial charge in [0.05, 0.1) is 0 Å². The number of thioether (sulfide) groups is 1. The van der Waals surface area contributed by atoms with Gasteiger partial charge in [-0.15, -0.1) is 0 Å². The van der Waals surface area contributed by atoms with Crippen molar-refractivity contribution in [1.82, 2.24) is 14.6 Å². The summed E-state index contributed by atoms with van der Waals surface area (Å²) in [5, 5.41) is 2.59. The van der Waals surface area contributed by atoms with Crippen LogP contribution in [0.25, 0.3) is 0 Å². The molecule has 0 bridgehead atoms. The lowest BCUT2D eigenvalue weighted by Gasteiger charge is -2.24. The van der Waals surface area contributed by atoms with E-state index in [-0.39, 0.29) is 16.5 Å². The first-order valence-corrected chi connectivity index (χ1v) is 8.90. The highest BCUT2D eigenvalue weighted by molar-refractivity contribution is 7.99. The summed E-state index contributed by atoms with van der Waals surface area (Å²) in [5.74, 6) is 1.24. The molecule has 2 rings (SSSR count). The number of nitrogens with zero attached hydrogens (tertiary/aromatic N) is 1. The summed E-state index contributed by atoms with van der Waals surface area (Å²) < 4.78 is 26.2. The summed E-state index contributed by atoms with van der Waals surface area (Å²) in [6, 6.07) is 1.36. The molecule has 1 saturated heterocycles. The van der Waals surface area contributed by atoms with Gasteiger partial charge in [-0.3, -0.25) is 4.79 Å². The van der Waals surface area contributed by atoms with Gasteiger partial charge in [0.15, 0.2) is 0 Å². The summed E-state index contributed by atoms with van der Waals surface area (Å²) in [6.07, 6.45) is 1.36. The number of hydrogen-bond acceptors (Lipinski definition) is 5. The second-order valence-corrected chi connectivity index (χ2v) is 7.47. The van der Waals surface area contributed by atoms with E-state index in [0.29, 0.717) is 26.2 Å². The zero-order valence-electron chi connectivity index (χ0n) is 11.0. The quantitative estimate of drug-likeness (QED) is 0.674. The first kappa shape index (κ1) is 15.4. The van der Waals surface area contributed by atoms with E-state index in [1.54, 1.807) is 11.8 Å². The van der Waals surface area contributed by atoms with Crippen molar-refractivity contribution in [2.75, 3.05) is 37.7 Å². The number of H-pyrrole nitrogens is 1. The summed E-state index contributed by atoms with van der Waals surface area (Å²) in [4.78, 5) is 14.5. The average molecular weight is 318 g/mol. The topological polar surface area (TPSA) is 108 Å². The number of aromatic amines is 1. The van der Waals surface area contributed by atoms with Crippen LogP contribution >= 0.6 is 11.8 Å². The molecule has 1 aromatic rings. The first-order chi connectivity index (χ1) is 9.55. The maximum absolute atomic E-state index is 12.4. The molecule has 112 valence electrons. The largest absolute Gasteiger partial charge is 0.356 e. The van der Waals surface area contributed by atoms with Crippen LogP contribution in [-0.4, -0.2) is 61.3 Å². The monoisotopic (exact) mass is 318 g/mol. The highest BCUT2D eigenvalue weighted by atomic mass is 32.2. The molecular formula is C11H18N4O3S2. The summed E-state index contributed by atoms with van der Waals surface area (Å²) in [6.45, 7) is 1.70. The molecule has 0 unspecified atom stereocenters. The molecule has 0 spiro atoms. The van der Waals surface area contributed by atoms with Gasteiger partial charge in [0, 0.05) is 43.9 Å². The van der Waals surface area contributed by atoms with Gasteiger partial charge in [0.25, 0.3) is 5.91 Å². The Kier molecular flexibility index (Phi) is 5.08. The molecule has 0 aromatic carbocycles. The Morgan fingerprint density at radius 1 is 1.45 bits per heavy atom. The third-order valence-corrected chi connectivity index (χ3v) is 5.76. The first-order valence-electron chi connectivity index (χ1n) is 6.30. The molecular weight excluding hydrogens is 300 g/mol. The fourth-order valence-electron chi connectivity index (χ4n) is 1.87. The average Bonchev–Trinajstić information content (AvgIpc) is 2.96. The van der Waals surface area contributed by atoms with Gasteiger partial charge < -0.3 is 16.0 Å². The minimum absolute atomic E-state index is 0.127. The van der Waals surface area contributed by atoms with Crippen molar-refractivity contribution in [3.63, 3.8) is 0 Å². The minimum atomic E-state index is -3.51. The molecule has 1 fully saturated rings. The lowest BCUT2D eigenvalue weighted by molar-refractivity contribution is 0.0950. The van der Waals surface area contributed by atoms with E-state index in [1.807, 2.05) is 0 Å². The number of nitrogens with one attached hydrogen (secondary N) is 2. The minimum Gasteiger partial charge on any atom is -0.356 e. The highest BCUT2D eigenvalue weighted by Crippen LogP contribution is 2.20. The number of carbonyl (C=O) groups is 1. The molecule has 0 radical (unpaired) electrons. The van der Waals surface area contributed by atoms with Crippen LogP contribution in [0.15, 0.2) is 17.2 Å². The second-order valence-electron chi connectivity index (χ2n) is 4.31. The molecule has 0 aliphatic carbocycles. The molecule has 1 aliphatic heterocycles. The van der Waals surface area contributed by atoms with Crippen molar-refractivity contribution in [3.05, 3.63) is 18.0 Å². The Hall–Kier alpha value is -1.03. The number of hydrogen-bond donors (Lipinski definition) is 3. The Bertz CT molecular complexity index is 564. The van der Waals surface area contributed by atoms with E-state index in [4.69, 9.17) is 5.73 Å². The van der Waals surface area contributed by atoms with Crippen molar-refractivity contribution in [2.45, 2.75) is 4.90 Å². The maximum atomic E-state index is 12.4. The summed E-state index contributed by atoms with van der Waals surface area (Å²) in [7, 11) is -3.51. The van der Waals surface area contributed by atoms with E-state index >= 15 is 0 Å². The predicted molar refractivity (Wildman–Crippen MR) is 78.3 cm³/mol. The summed E-state index contributed by atoms with van der Waals surface area (Å²) in [5.41, 5.74) is 5.52. The van der Waals surface area contributed by atoms with Crippen LogP contribution in [-0.2, 0) is 10.0 Å². The van der Waals surface area contributed by atoms with Gasteiger partial charge in [-0.25, -0.2) is 8.42 Å². The number of aromatic nitrogens is 1. The SMILES string of the molecule is NCCNC(=O)c1cc(S(=O)(=O)N2CCSCC2)c[nH]1. The Morgan fingerprint density at radius 2 is 2.15 bits per heavy atom. The number of amides is 1. The molecule has 1 aliphatic rings. The molecule has 1 amide bonds. The van der Waals surface area contributed by atoms with E-state index in [2.05, 4.69) is 10.3 Å². The maximum Gasteiger partial charge on any atom is 0.267 e. The molecule has 1 aromatic heterocycles. The van der Waals surface area contributed by atoms with Gasteiger partial charge in [0.2, 0.25) is 10.0 Å². The van der Waals surface area contributed by atoms with Gasteiger partial charge >= 0.3 is 0 Å². The van der Waals surface area contributed by atoms with Gasteiger partial charge in [-0.2, -0.15) is 16.1 Å². The van der Waals surface area contributed by atoms with Gasteiger partial charge in [-0.05, 0) is 6.07 Å². The van der Waals surface area contributed by atoms with Crippen molar-refractivity contribution in [2.24, 2.45) is 5.73 Å². The van der Waals surface area contributed by atoms with Crippen LogP contribution in [0.2, 0.25) is 0 Å². The zero-order valence-corrected chi connectivity index (χ0v) is 12.6. The van der Waals surface area contributed by atoms with Crippen molar-refractivity contribution >= 4 is 27.7 Å². The molecule has 0 saturated carbocycles. The molecule has 0 atom stereocenters. The van der Waals surface area contributed by atoms with Gasteiger partial charge in [0.1, 0.15) is 10.6 Å². The summed E-state index contributed by atoms with van der Waals surface area (Å²) >= 11 is 1.74. The van der Waals surface area contributed by atoms with E-state index in [0.717, 1.165) is 11.5 Å². The Morgan fingerprint density at radius 3 is 2.80 bits per heavy atom.